The van der Waals surface area contributed by atoms with Gasteiger partial charge in [-0.2, -0.15) is 0 Å². The van der Waals surface area contributed by atoms with Gasteiger partial charge in [0.05, 0.1) is 31.6 Å². The average Bonchev–Trinajstić information content (AvgIpc) is 3.51. The Bertz CT molecular complexity index is 1530. The summed E-state index contributed by atoms with van der Waals surface area (Å²) in [6, 6.07) is 8.02. The number of carbonyl (C=O) groups excluding carboxylic acids is 3. The van der Waals surface area contributed by atoms with Crippen molar-refractivity contribution in [3.63, 3.8) is 0 Å². The number of benzene rings is 1. The van der Waals surface area contributed by atoms with E-state index in [0.29, 0.717) is 54.7 Å². The molecule has 0 radical (unpaired) electrons. The maximum Gasteiger partial charge on any atom is 0.337 e. The average molecular weight is 731 g/mol. The third-order valence-corrected chi connectivity index (χ3v) is 15.6. The Morgan fingerprint density at radius 3 is 2.23 bits per heavy atom. The van der Waals surface area contributed by atoms with E-state index < -0.39 is 0 Å². The van der Waals surface area contributed by atoms with Gasteiger partial charge in [-0.25, -0.2) is 4.79 Å². The molecular formula is C46H70N2O5. The van der Waals surface area contributed by atoms with Crippen LogP contribution in [-0.4, -0.2) is 63.1 Å². The summed E-state index contributed by atoms with van der Waals surface area (Å²) in [5, 5.41) is 3.43. The van der Waals surface area contributed by atoms with Gasteiger partial charge < -0.3 is 19.7 Å². The number of likely N-dealkylation sites (N-methyl/N-ethyl adjacent to an activating group) is 1. The van der Waals surface area contributed by atoms with E-state index in [0.717, 1.165) is 58.0 Å². The van der Waals surface area contributed by atoms with Gasteiger partial charge in [0.1, 0.15) is 0 Å². The van der Waals surface area contributed by atoms with Gasteiger partial charge >= 0.3 is 11.9 Å². The van der Waals surface area contributed by atoms with Gasteiger partial charge in [0.15, 0.2) is 0 Å². The van der Waals surface area contributed by atoms with Crippen molar-refractivity contribution in [3.05, 3.63) is 53.6 Å². The van der Waals surface area contributed by atoms with Crippen LogP contribution in [0, 0.1) is 51.2 Å². The number of fused-ring (bicyclic) bond motifs is 4. The van der Waals surface area contributed by atoms with Gasteiger partial charge in [-0.3, -0.25) is 9.59 Å². The standard InChI is InChI=1S/C46H70N2O5/c1-11-48(29-23-40(49)52-9)30-28-47-42(51)46-26-19-32(4)44(7)25-22-38-43(5,6)36(33-15-17-34(18-16-33)41(50)53-10)21-24-45(38,8)39(44)14-12-13-37(46)35(20-27-46)31(2)3/h15-18,21,32,35,37-39H,2,11-14,19-20,22-30H2,1,3-10H3,(H,47,51). The molecule has 0 aliphatic heterocycles. The van der Waals surface area contributed by atoms with Gasteiger partial charge in [-0.05, 0) is 140 Å². The van der Waals surface area contributed by atoms with Crippen LogP contribution in [-0.2, 0) is 19.1 Å². The van der Waals surface area contributed by atoms with Crippen LogP contribution in [0.25, 0.3) is 5.57 Å². The molecule has 0 spiro atoms. The van der Waals surface area contributed by atoms with Crippen LogP contribution in [0.5, 0.6) is 0 Å². The van der Waals surface area contributed by atoms with Crippen molar-refractivity contribution in [1.29, 1.82) is 0 Å². The van der Waals surface area contributed by atoms with E-state index in [1.165, 1.54) is 50.2 Å². The summed E-state index contributed by atoms with van der Waals surface area (Å²) in [4.78, 5) is 40.7. The fourth-order valence-corrected chi connectivity index (χ4v) is 12.4. The van der Waals surface area contributed by atoms with E-state index in [9.17, 15) is 14.4 Å². The highest BCUT2D eigenvalue weighted by Gasteiger charge is 2.61. The van der Waals surface area contributed by atoms with Gasteiger partial charge in [0.2, 0.25) is 5.91 Å². The van der Waals surface area contributed by atoms with Crippen molar-refractivity contribution < 1.29 is 23.9 Å². The smallest absolute Gasteiger partial charge is 0.337 e. The lowest BCUT2D eigenvalue weighted by Crippen LogP contribution is -2.56. The summed E-state index contributed by atoms with van der Waals surface area (Å²) < 4.78 is 9.81. The highest BCUT2D eigenvalue weighted by molar-refractivity contribution is 5.90. The molecule has 8 unspecified atom stereocenters. The van der Waals surface area contributed by atoms with Crippen molar-refractivity contribution >= 4 is 23.4 Å². The second-order valence-corrected chi connectivity index (χ2v) is 18.4. The summed E-state index contributed by atoms with van der Waals surface area (Å²) in [7, 11) is 2.86. The quantitative estimate of drug-likeness (QED) is 0.180. The normalized spacial score (nSPS) is 33.8. The van der Waals surface area contributed by atoms with Crippen molar-refractivity contribution in [2.24, 2.45) is 51.2 Å². The Kier molecular flexibility index (Phi) is 12.8. The number of methoxy groups -OCH3 is 2. The number of rotatable bonds is 11. The number of hydrogen-bond acceptors (Lipinski definition) is 6. The maximum absolute atomic E-state index is 14.5. The number of esters is 2. The summed E-state index contributed by atoms with van der Waals surface area (Å²) in [5.74, 6) is 2.10. The molecule has 1 amide bonds. The molecule has 3 saturated carbocycles. The molecular weight excluding hydrogens is 661 g/mol. The van der Waals surface area contributed by atoms with Crippen molar-refractivity contribution in [1.82, 2.24) is 10.2 Å². The summed E-state index contributed by atoms with van der Waals surface area (Å²) in [6.45, 7) is 24.2. The van der Waals surface area contributed by atoms with Crippen LogP contribution in [0.4, 0.5) is 0 Å². The first kappa shape index (κ1) is 41.2. The largest absolute Gasteiger partial charge is 0.469 e. The SMILES string of the molecule is C=C(C)C1CCC2(C(=O)NCCN(CC)CCC(=O)OC)CCC(C)C3(C)CCC4C(C)(C)C(c5ccc(C(=O)OC)cc5)=CCC4(C)C3CCCC12. The zero-order valence-electron chi connectivity index (χ0n) is 34.6. The van der Waals surface area contributed by atoms with Crippen molar-refractivity contribution in [2.75, 3.05) is 40.4 Å². The Balaban J connectivity index is 1.38. The lowest BCUT2D eigenvalue weighted by molar-refractivity contribution is -0.141. The maximum atomic E-state index is 14.5. The Hall–Kier alpha value is -2.93. The molecule has 0 bridgehead atoms. The second kappa shape index (κ2) is 16.4. The number of ether oxygens (including phenoxy) is 2. The van der Waals surface area contributed by atoms with E-state index in [4.69, 9.17) is 9.47 Å². The molecule has 4 aliphatic carbocycles. The molecule has 0 heterocycles. The number of carbonyl (C=O) groups is 3. The zero-order valence-corrected chi connectivity index (χ0v) is 34.6. The van der Waals surface area contributed by atoms with E-state index >= 15 is 0 Å². The number of nitrogens with zero attached hydrogens (tertiary/aromatic N) is 1. The molecule has 7 nitrogen and oxygen atoms in total. The van der Waals surface area contributed by atoms with Crippen LogP contribution in [0.15, 0.2) is 42.5 Å². The minimum absolute atomic E-state index is 0.00389. The Morgan fingerprint density at radius 2 is 1.58 bits per heavy atom. The summed E-state index contributed by atoms with van der Waals surface area (Å²) in [6.07, 6.45) is 13.8. The summed E-state index contributed by atoms with van der Waals surface area (Å²) in [5.41, 5.74) is 4.45. The fourth-order valence-electron chi connectivity index (χ4n) is 12.4. The Labute approximate surface area is 321 Å². The minimum atomic E-state index is -0.362. The molecule has 5 rings (SSSR count). The van der Waals surface area contributed by atoms with Gasteiger partial charge in [-0.15, -0.1) is 0 Å². The van der Waals surface area contributed by atoms with Gasteiger partial charge in [0.25, 0.3) is 0 Å². The molecule has 3 fully saturated rings. The van der Waals surface area contributed by atoms with E-state index in [1.54, 1.807) is 0 Å². The van der Waals surface area contributed by atoms with E-state index in [-0.39, 0.29) is 39.5 Å². The van der Waals surface area contributed by atoms with E-state index in [2.05, 4.69) is 83.5 Å². The molecule has 0 saturated heterocycles. The molecule has 0 aromatic heterocycles. The minimum Gasteiger partial charge on any atom is -0.469 e. The molecule has 4 aliphatic rings. The van der Waals surface area contributed by atoms with Gasteiger partial charge in [0, 0.05) is 19.6 Å². The van der Waals surface area contributed by atoms with Crippen LogP contribution >= 0.6 is 0 Å². The van der Waals surface area contributed by atoms with E-state index in [1.807, 2.05) is 12.1 Å². The predicted octanol–water partition coefficient (Wildman–Crippen LogP) is 9.52. The molecule has 8 atom stereocenters. The van der Waals surface area contributed by atoms with Crippen LogP contribution in [0.2, 0.25) is 0 Å². The highest BCUT2D eigenvalue weighted by atomic mass is 16.5. The molecule has 294 valence electrons. The lowest BCUT2D eigenvalue weighted by Gasteiger charge is -2.64. The monoisotopic (exact) mass is 731 g/mol. The number of allylic oxidation sites excluding steroid dienone is 3. The molecule has 7 heteroatoms. The Morgan fingerprint density at radius 1 is 0.887 bits per heavy atom. The number of amides is 1. The third kappa shape index (κ3) is 7.80. The second-order valence-electron chi connectivity index (χ2n) is 18.4. The fraction of sp³-hybridized carbons (Fsp3) is 0.717. The van der Waals surface area contributed by atoms with Crippen LogP contribution in [0.1, 0.15) is 135 Å². The zero-order chi connectivity index (χ0) is 38.8. The van der Waals surface area contributed by atoms with Crippen molar-refractivity contribution in [2.45, 2.75) is 119 Å². The van der Waals surface area contributed by atoms with Crippen LogP contribution in [0.3, 0.4) is 0 Å². The molecule has 53 heavy (non-hydrogen) atoms. The first-order valence-corrected chi connectivity index (χ1v) is 20.7. The number of nitrogens with one attached hydrogen (secondary N) is 1. The summed E-state index contributed by atoms with van der Waals surface area (Å²) >= 11 is 0. The number of hydrogen-bond donors (Lipinski definition) is 1. The molecule has 1 N–H and O–H groups in total. The first-order valence-electron chi connectivity index (χ1n) is 20.7. The molecule has 1 aromatic carbocycles. The third-order valence-electron chi connectivity index (χ3n) is 15.6. The predicted molar refractivity (Wildman–Crippen MR) is 214 cm³/mol. The van der Waals surface area contributed by atoms with Gasteiger partial charge in [-0.1, -0.05) is 78.3 Å². The van der Waals surface area contributed by atoms with Crippen molar-refractivity contribution in [3.8, 4) is 0 Å². The lowest BCUT2D eigenvalue weighted by atomic mass is 9.40. The topological polar surface area (TPSA) is 84.9 Å². The first-order chi connectivity index (χ1) is 25.1. The molecule has 1 aromatic rings. The highest BCUT2D eigenvalue weighted by Crippen LogP contribution is 2.69. The van der Waals surface area contributed by atoms with Crippen LogP contribution < -0.4 is 5.32 Å².